The van der Waals surface area contributed by atoms with Crippen LogP contribution in [0.1, 0.15) is 29.2 Å². The van der Waals surface area contributed by atoms with Crippen LogP contribution in [-0.2, 0) is 17.9 Å². The van der Waals surface area contributed by atoms with Crippen molar-refractivity contribution in [2.75, 3.05) is 6.54 Å². The molecule has 4 rings (SSSR count). The summed E-state index contributed by atoms with van der Waals surface area (Å²) < 4.78 is 0. The molecule has 0 aromatic carbocycles. The molecule has 2 aliphatic heterocycles. The lowest BCUT2D eigenvalue weighted by molar-refractivity contribution is -0.129. The fourth-order valence-electron chi connectivity index (χ4n) is 3.78. The Morgan fingerprint density at radius 3 is 3.00 bits per heavy atom. The van der Waals surface area contributed by atoms with Crippen LogP contribution in [0.3, 0.4) is 0 Å². The molecule has 4 heterocycles. The molecule has 2 aromatic rings. The van der Waals surface area contributed by atoms with Crippen molar-refractivity contribution >= 4 is 17.2 Å². The molecule has 0 N–H and O–H groups in total. The van der Waals surface area contributed by atoms with Crippen LogP contribution in [0, 0.1) is 6.92 Å². The van der Waals surface area contributed by atoms with Crippen molar-refractivity contribution in [1.29, 1.82) is 0 Å². The maximum atomic E-state index is 12.5. The fraction of sp³-hybridized carbons (Fsp3) is 0.471. The van der Waals surface area contributed by atoms with Gasteiger partial charge in [0.05, 0.1) is 18.8 Å². The Labute approximate surface area is 140 Å². The number of fused-ring (bicyclic) bond motifs is 1. The zero-order valence-corrected chi connectivity index (χ0v) is 14.0. The number of nitrogens with zero attached hydrogens (tertiary/aromatic N) is 4. The summed E-state index contributed by atoms with van der Waals surface area (Å²) in [7, 11) is 0. The van der Waals surface area contributed by atoms with Crippen molar-refractivity contribution in [1.82, 2.24) is 19.8 Å². The predicted octanol–water partition coefficient (Wildman–Crippen LogP) is 2.22. The van der Waals surface area contributed by atoms with Gasteiger partial charge in [0, 0.05) is 42.3 Å². The summed E-state index contributed by atoms with van der Waals surface area (Å²) in [5.74, 6) is 0.257. The van der Waals surface area contributed by atoms with Gasteiger partial charge in [0.25, 0.3) is 0 Å². The van der Waals surface area contributed by atoms with Crippen LogP contribution in [-0.4, -0.2) is 44.3 Å². The summed E-state index contributed by atoms with van der Waals surface area (Å²) in [5, 5.41) is 3.15. The molecule has 23 heavy (non-hydrogen) atoms. The van der Waals surface area contributed by atoms with E-state index in [0.29, 0.717) is 25.0 Å². The highest BCUT2D eigenvalue weighted by Crippen LogP contribution is 2.34. The third-order valence-electron chi connectivity index (χ3n) is 4.83. The molecule has 0 aliphatic carbocycles. The second kappa shape index (κ2) is 6.02. The van der Waals surface area contributed by atoms with E-state index in [2.05, 4.69) is 14.9 Å². The van der Waals surface area contributed by atoms with E-state index < -0.39 is 0 Å². The number of amides is 1. The minimum atomic E-state index is 0.257. The van der Waals surface area contributed by atoms with E-state index >= 15 is 0 Å². The van der Waals surface area contributed by atoms with Gasteiger partial charge >= 0.3 is 0 Å². The molecule has 1 amide bonds. The first-order valence-electron chi connectivity index (χ1n) is 8.05. The maximum Gasteiger partial charge on any atom is 0.224 e. The zero-order chi connectivity index (χ0) is 15.8. The van der Waals surface area contributed by atoms with Gasteiger partial charge in [-0.15, -0.1) is 11.3 Å². The molecule has 2 fully saturated rings. The van der Waals surface area contributed by atoms with E-state index in [9.17, 15) is 4.79 Å². The number of hydrogen-bond acceptors (Lipinski definition) is 5. The monoisotopic (exact) mass is 328 g/mol. The van der Waals surface area contributed by atoms with Gasteiger partial charge in [-0.2, -0.15) is 0 Å². The van der Waals surface area contributed by atoms with Crippen LogP contribution in [0.25, 0.3) is 0 Å². The van der Waals surface area contributed by atoms with Crippen molar-refractivity contribution in [2.24, 2.45) is 0 Å². The van der Waals surface area contributed by atoms with Crippen molar-refractivity contribution < 1.29 is 4.79 Å². The first-order chi connectivity index (χ1) is 11.2. The van der Waals surface area contributed by atoms with E-state index in [-0.39, 0.29) is 5.91 Å². The SMILES string of the molecule is Cc1cccc(CN2C(=O)C[C@H]3[C@@H]2CCN3Cc2nccs2)n1. The molecule has 0 saturated carbocycles. The van der Waals surface area contributed by atoms with E-state index in [1.54, 1.807) is 11.3 Å². The topological polar surface area (TPSA) is 49.3 Å². The van der Waals surface area contributed by atoms with Crippen LogP contribution in [0.5, 0.6) is 0 Å². The number of aryl methyl sites for hydroxylation is 1. The van der Waals surface area contributed by atoms with Gasteiger partial charge < -0.3 is 4.90 Å². The van der Waals surface area contributed by atoms with E-state index in [0.717, 1.165) is 35.9 Å². The second-order valence-corrected chi connectivity index (χ2v) is 7.29. The number of carbonyl (C=O) groups excluding carboxylic acids is 1. The van der Waals surface area contributed by atoms with Crippen LogP contribution < -0.4 is 0 Å². The second-order valence-electron chi connectivity index (χ2n) is 6.32. The summed E-state index contributed by atoms with van der Waals surface area (Å²) in [6.45, 7) is 4.53. The number of likely N-dealkylation sites (tertiary alicyclic amines) is 2. The van der Waals surface area contributed by atoms with Crippen molar-refractivity contribution in [3.8, 4) is 0 Å². The molecule has 0 unspecified atom stereocenters. The van der Waals surface area contributed by atoms with Gasteiger partial charge in [-0.25, -0.2) is 4.98 Å². The molecule has 6 heteroatoms. The first kappa shape index (κ1) is 14.8. The molecule has 0 radical (unpaired) electrons. The van der Waals surface area contributed by atoms with Crippen LogP contribution >= 0.6 is 11.3 Å². The molecule has 2 saturated heterocycles. The Morgan fingerprint density at radius 1 is 1.30 bits per heavy atom. The predicted molar refractivity (Wildman–Crippen MR) is 88.9 cm³/mol. The zero-order valence-electron chi connectivity index (χ0n) is 13.2. The Morgan fingerprint density at radius 2 is 2.22 bits per heavy atom. The molecular formula is C17H20N4OS. The normalized spacial score (nSPS) is 24.4. The van der Waals surface area contributed by atoms with Crippen molar-refractivity contribution in [2.45, 2.75) is 44.9 Å². The van der Waals surface area contributed by atoms with Gasteiger partial charge in [0.1, 0.15) is 5.01 Å². The lowest BCUT2D eigenvalue weighted by Crippen LogP contribution is -2.36. The highest BCUT2D eigenvalue weighted by molar-refractivity contribution is 7.09. The van der Waals surface area contributed by atoms with Crippen LogP contribution in [0.2, 0.25) is 0 Å². The van der Waals surface area contributed by atoms with Crippen LogP contribution in [0.15, 0.2) is 29.8 Å². The molecule has 2 aliphatic rings. The highest BCUT2D eigenvalue weighted by Gasteiger charge is 2.46. The fourth-order valence-corrected chi connectivity index (χ4v) is 4.42. The lowest BCUT2D eigenvalue weighted by Gasteiger charge is -2.25. The van der Waals surface area contributed by atoms with Gasteiger partial charge in [-0.3, -0.25) is 14.7 Å². The molecule has 2 aromatic heterocycles. The Kier molecular flexibility index (Phi) is 3.87. The number of rotatable bonds is 4. The van der Waals surface area contributed by atoms with E-state index in [4.69, 9.17) is 0 Å². The van der Waals surface area contributed by atoms with Gasteiger partial charge in [0.15, 0.2) is 0 Å². The molecule has 5 nitrogen and oxygen atoms in total. The van der Waals surface area contributed by atoms with Crippen molar-refractivity contribution in [3.05, 3.63) is 46.2 Å². The molecule has 120 valence electrons. The standard InChI is InChI=1S/C17H20N4OS/c1-12-3-2-4-13(19-12)10-21-14-5-7-20(15(14)9-17(21)22)11-16-18-6-8-23-16/h2-4,6,8,14-15H,5,7,9-11H2,1H3/t14-,15-/m0/s1. The average Bonchev–Trinajstić information content (AvgIpc) is 3.22. The molecule has 2 atom stereocenters. The summed E-state index contributed by atoms with van der Waals surface area (Å²) in [6, 6.07) is 6.67. The van der Waals surface area contributed by atoms with E-state index in [1.165, 1.54) is 0 Å². The number of hydrogen-bond donors (Lipinski definition) is 0. The smallest absolute Gasteiger partial charge is 0.224 e. The summed E-state index contributed by atoms with van der Waals surface area (Å²) in [6.07, 6.45) is 3.53. The third kappa shape index (κ3) is 2.88. The number of pyridine rings is 1. The number of aromatic nitrogens is 2. The molecule has 0 spiro atoms. The quantitative estimate of drug-likeness (QED) is 0.863. The van der Waals surface area contributed by atoms with E-state index in [1.807, 2.05) is 41.6 Å². The van der Waals surface area contributed by atoms with Gasteiger partial charge in [0.2, 0.25) is 5.91 Å². The summed E-state index contributed by atoms with van der Waals surface area (Å²) in [5.41, 5.74) is 1.99. The summed E-state index contributed by atoms with van der Waals surface area (Å²) in [4.78, 5) is 25.9. The maximum absolute atomic E-state index is 12.5. The molecular weight excluding hydrogens is 308 g/mol. The highest BCUT2D eigenvalue weighted by atomic mass is 32.1. The Hall–Kier alpha value is -1.79. The Bertz CT molecular complexity index is 702. The van der Waals surface area contributed by atoms with Crippen LogP contribution in [0.4, 0.5) is 0 Å². The van der Waals surface area contributed by atoms with Gasteiger partial charge in [-0.05, 0) is 25.5 Å². The van der Waals surface area contributed by atoms with Crippen molar-refractivity contribution in [3.63, 3.8) is 0 Å². The number of thiazole rings is 1. The molecule has 0 bridgehead atoms. The third-order valence-corrected chi connectivity index (χ3v) is 5.59. The average molecular weight is 328 g/mol. The first-order valence-corrected chi connectivity index (χ1v) is 8.93. The minimum absolute atomic E-state index is 0.257. The van der Waals surface area contributed by atoms with Gasteiger partial charge in [-0.1, -0.05) is 6.07 Å². The number of carbonyl (C=O) groups is 1. The minimum Gasteiger partial charge on any atom is -0.332 e. The Balaban J connectivity index is 1.48. The largest absolute Gasteiger partial charge is 0.332 e. The summed E-state index contributed by atoms with van der Waals surface area (Å²) >= 11 is 1.69. The lowest BCUT2D eigenvalue weighted by atomic mass is 10.1.